The summed E-state index contributed by atoms with van der Waals surface area (Å²) in [6.45, 7) is 10.6. The maximum absolute atomic E-state index is 11.6. The number of piperidine rings is 1. The van der Waals surface area contributed by atoms with Gasteiger partial charge in [-0.05, 0) is 69.1 Å². The number of nitrogens with one attached hydrogen (secondary N) is 1. The lowest BCUT2D eigenvalue weighted by Gasteiger charge is -2.27. The van der Waals surface area contributed by atoms with Crippen LogP contribution in [0, 0.1) is 6.92 Å². The molecular weight excluding hydrogens is 414 g/mol. The van der Waals surface area contributed by atoms with Crippen LogP contribution >= 0.6 is 0 Å². The number of amides is 2. The zero-order valence-corrected chi connectivity index (χ0v) is 20.6. The highest BCUT2D eigenvalue weighted by molar-refractivity contribution is 5.94. The van der Waals surface area contributed by atoms with E-state index in [1.807, 2.05) is 26.0 Å². The van der Waals surface area contributed by atoms with Crippen molar-refractivity contribution in [2.45, 2.75) is 72.1 Å². The summed E-state index contributed by atoms with van der Waals surface area (Å²) in [6, 6.07) is 8.02. The molecule has 0 radical (unpaired) electrons. The Morgan fingerprint density at radius 3 is 2.24 bits per heavy atom. The molecule has 1 saturated heterocycles. The van der Waals surface area contributed by atoms with E-state index < -0.39 is 5.91 Å². The molecule has 0 spiro atoms. The zero-order valence-electron chi connectivity index (χ0n) is 20.6. The highest BCUT2D eigenvalue weighted by Gasteiger charge is 2.23. The van der Waals surface area contributed by atoms with Crippen LogP contribution in [0.4, 0.5) is 5.82 Å². The molecule has 0 bridgehead atoms. The van der Waals surface area contributed by atoms with Crippen LogP contribution in [0.15, 0.2) is 30.5 Å². The van der Waals surface area contributed by atoms with Gasteiger partial charge >= 0.3 is 0 Å². The molecule has 2 aromatic rings. The molecule has 180 valence electrons. The van der Waals surface area contributed by atoms with Crippen molar-refractivity contribution in [1.29, 1.82) is 0 Å². The monoisotopic (exact) mass is 453 g/mol. The van der Waals surface area contributed by atoms with Gasteiger partial charge in [0.25, 0.3) is 11.8 Å². The summed E-state index contributed by atoms with van der Waals surface area (Å²) in [5, 5.41) is 2.87. The molecule has 0 unspecified atom stereocenters. The van der Waals surface area contributed by atoms with Crippen LogP contribution in [-0.4, -0.2) is 41.4 Å². The van der Waals surface area contributed by atoms with Gasteiger partial charge in [-0.2, -0.15) is 0 Å². The SMILES string of the molecule is CC.CCCNC(=O)c1ccc(C2CC2)cc1.Cc1nc(N2CCCCC2)cnc1C(N)=O. The number of rotatable bonds is 6. The topological polar surface area (TPSA) is 101 Å². The third kappa shape index (κ3) is 8.15. The number of anilines is 1. The lowest BCUT2D eigenvalue weighted by molar-refractivity contribution is 0.0952. The Morgan fingerprint density at radius 2 is 1.73 bits per heavy atom. The molecule has 2 fully saturated rings. The maximum atomic E-state index is 11.6. The summed E-state index contributed by atoms with van der Waals surface area (Å²) in [7, 11) is 0. The van der Waals surface area contributed by atoms with Gasteiger partial charge in [0.1, 0.15) is 11.5 Å². The van der Waals surface area contributed by atoms with E-state index in [4.69, 9.17) is 5.73 Å². The number of carbonyl (C=O) groups is 2. The number of primary amides is 1. The van der Waals surface area contributed by atoms with E-state index in [1.165, 1.54) is 37.7 Å². The molecule has 4 rings (SSSR count). The van der Waals surface area contributed by atoms with E-state index in [0.717, 1.165) is 43.4 Å². The Bertz CT molecular complexity index is 888. The van der Waals surface area contributed by atoms with E-state index in [2.05, 4.69) is 39.2 Å². The molecule has 1 aliphatic heterocycles. The standard InChI is InChI=1S/C13H17NO.C11H16N4O.C2H6/c1-2-9-14-13(15)12-7-5-11(6-8-12)10-3-4-10;1-8-10(11(12)16)13-7-9(14-8)15-5-3-2-4-6-15;1-2/h5-8,10H,2-4,9H2,1H3,(H,14,15);7H,2-6H2,1H3,(H2,12,16);1-2H3. The third-order valence-corrected chi connectivity index (χ3v) is 5.60. The molecular formula is C26H39N5O2. The molecule has 7 heteroatoms. The van der Waals surface area contributed by atoms with E-state index in [1.54, 1.807) is 13.1 Å². The highest BCUT2D eigenvalue weighted by atomic mass is 16.2. The van der Waals surface area contributed by atoms with E-state index in [-0.39, 0.29) is 11.6 Å². The van der Waals surface area contributed by atoms with Gasteiger partial charge in [0, 0.05) is 25.2 Å². The van der Waals surface area contributed by atoms with Crippen LogP contribution in [0.5, 0.6) is 0 Å². The van der Waals surface area contributed by atoms with Crippen LogP contribution in [0.1, 0.15) is 97.3 Å². The summed E-state index contributed by atoms with van der Waals surface area (Å²) in [6.07, 6.45) is 8.89. The Balaban J connectivity index is 0.000000218. The molecule has 0 atom stereocenters. The van der Waals surface area contributed by atoms with Gasteiger partial charge in [0.05, 0.1) is 11.9 Å². The minimum atomic E-state index is -0.518. The van der Waals surface area contributed by atoms with Crippen LogP contribution in [0.3, 0.4) is 0 Å². The fourth-order valence-corrected chi connectivity index (χ4v) is 3.65. The van der Waals surface area contributed by atoms with E-state index >= 15 is 0 Å². The van der Waals surface area contributed by atoms with Gasteiger partial charge in [-0.1, -0.05) is 32.9 Å². The van der Waals surface area contributed by atoms with Crippen molar-refractivity contribution in [3.05, 3.63) is 53.0 Å². The first kappa shape index (κ1) is 26.3. The molecule has 1 saturated carbocycles. The minimum absolute atomic E-state index is 0.0409. The fourth-order valence-electron chi connectivity index (χ4n) is 3.65. The molecule has 7 nitrogen and oxygen atoms in total. The molecule has 2 heterocycles. The molecule has 1 aromatic heterocycles. The van der Waals surface area contributed by atoms with Crippen molar-refractivity contribution in [1.82, 2.24) is 15.3 Å². The Hall–Kier alpha value is -2.96. The van der Waals surface area contributed by atoms with Crippen LogP contribution < -0.4 is 16.0 Å². The van der Waals surface area contributed by atoms with Gasteiger partial charge in [-0.25, -0.2) is 9.97 Å². The van der Waals surface area contributed by atoms with Crippen molar-refractivity contribution in [3.8, 4) is 0 Å². The second-order valence-corrected chi connectivity index (χ2v) is 8.23. The van der Waals surface area contributed by atoms with Crippen molar-refractivity contribution in [2.24, 2.45) is 5.73 Å². The third-order valence-electron chi connectivity index (χ3n) is 5.60. The second kappa shape index (κ2) is 13.6. The zero-order chi connectivity index (χ0) is 24.2. The molecule has 1 aromatic carbocycles. The average molecular weight is 454 g/mol. The van der Waals surface area contributed by atoms with Gasteiger partial charge in [-0.3, -0.25) is 9.59 Å². The first-order valence-corrected chi connectivity index (χ1v) is 12.3. The number of benzene rings is 1. The van der Waals surface area contributed by atoms with Gasteiger partial charge in [0.15, 0.2) is 0 Å². The molecule has 2 amide bonds. The highest BCUT2D eigenvalue weighted by Crippen LogP contribution is 2.39. The second-order valence-electron chi connectivity index (χ2n) is 8.23. The van der Waals surface area contributed by atoms with Crippen molar-refractivity contribution >= 4 is 17.6 Å². The first-order valence-electron chi connectivity index (χ1n) is 12.3. The number of aromatic nitrogens is 2. The fraction of sp³-hybridized carbons (Fsp3) is 0.538. The van der Waals surface area contributed by atoms with Gasteiger partial charge < -0.3 is 16.0 Å². The number of hydrogen-bond acceptors (Lipinski definition) is 5. The van der Waals surface area contributed by atoms with E-state index in [9.17, 15) is 9.59 Å². The molecule has 2 aliphatic rings. The smallest absolute Gasteiger partial charge is 0.269 e. The van der Waals surface area contributed by atoms with Crippen molar-refractivity contribution in [2.75, 3.05) is 24.5 Å². The largest absolute Gasteiger partial charge is 0.364 e. The Labute approximate surface area is 198 Å². The first-order chi connectivity index (χ1) is 16.0. The number of nitrogens with zero attached hydrogens (tertiary/aromatic N) is 3. The predicted molar refractivity (Wildman–Crippen MR) is 134 cm³/mol. The summed E-state index contributed by atoms with van der Waals surface area (Å²) in [5.41, 5.74) is 8.21. The van der Waals surface area contributed by atoms with Crippen LogP contribution in [-0.2, 0) is 0 Å². The van der Waals surface area contributed by atoms with Crippen LogP contribution in [0.2, 0.25) is 0 Å². The number of carbonyl (C=O) groups excluding carboxylic acids is 2. The summed E-state index contributed by atoms with van der Waals surface area (Å²) >= 11 is 0. The minimum Gasteiger partial charge on any atom is -0.364 e. The Morgan fingerprint density at radius 1 is 1.09 bits per heavy atom. The maximum Gasteiger partial charge on any atom is 0.269 e. The van der Waals surface area contributed by atoms with E-state index in [0.29, 0.717) is 5.69 Å². The molecule has 33 heavy (non-hydrogen) atoms. The lowest BCUT2D eigenvalue weighted by Crippen LogP contribution is -2.30. The molecule has 1 aliphatic carbocycles. The average Bonchev–Trinajstić information content (AvgIpc) is 3.70. The summed E-state index contributed by atoms with van der Waals surface area (Å²) in [4.78, 5) is 33.3. The van der Waals surface area contributed by atoms with Gasteiger partial charge in [0.2, 0.25) is 0 Å². The number of aryl methyl sites for hydroxylation is 1. The Kier molecular flexibility index (Phi) is 10.8. The predicted octanol–water partition coefficient (Wildman–Crippen LogP) is 4.60. The summed E-state index contributed by atoms with van der Waals surface area (Å²) in [5.74, 6) is 1.13. The quantitative estimate of drug-likeness (QED) is 0.665. The lowest BCUT2D eigenvalue weighted by atomic mass is 10.1. The molecule has 3 N–H and O–H groups in total. The van der Waals surface area contributed by atoms with Gasteiger partial charge in [-0.15, -0.1) is 0 Å². The van der Waals surface area contributed by atoms with Crippen molar-refractivity contribution in [3.63, 3.8) is 0 Å². The van der Waals surface area contributed by atoms with Crippen LogP contribution in [0.25, 0.3) is 0 Å². The number of hydrogen-bond donors (Lipinski definition) is 2. The summed E-state index contributed by atoms with van der Waals surface area (Å²) < 4.78 is 0. The number of nitrogens with two attached hydrogens (primary N) is 1. The normalized spacial score (nSPS) is 14.8. The van der Waals surface area contributed by atoms with Crippen molar-refractivity contribution < 1.29 is 9.59 Å².